The molecule has 0 aliphatic carbocycles. The first-order valence-electron chi connectivity index (χ1n) is 6.58. The zero-order valence-corrected chi connectivity index (χ0v) is 12.4. The van der Waals surface area contributed by atoms with Gasteiger partial charge in [-0.15, -0.1) is 0 Å². The topological polar surface area (TPSA) is 38.7 Å². The smallest absolute Gasteiger partial charge is 0.167 e. The van der Waals surface area contributed by atoms with Crippen molar-refractivity contribution in [2.45, 2.75) is 20.1 Å². The fourth-order valence-electron chi connectivity index (χ4n) is 1.91. The largest absolute Gasteiger partial charge is 0.490 e. The summed E-state index contributed by atoms with van der Waals surface area (Å²) >= 11 is 5.97. The summed E-state index contributed by atoms with van der Waals surface area (Å²) in [5.74, 6) is 0.638. The first-order valence-corrected chi connectivity index (χ1v) is 6.95. The molecule has 0 atom stereocenters. The van der Waals surface area contributed by atoms with E-state index in [0.717, 1.165) is 0 Å². The molecule has 0 aliphatic heterocycles. The van der Waals surface area contributed by atoms with E-state index in [-0.39, 0.29) is 13.2 Å². The number of aliphatic hydroxyl groups excluding tert-OH is 1. The van der Waals surface area contributed by atoms with Crippen LogP contribution in [0.2, 0.25) is 5.02 Å². The van der Waals surface area contributed by atoms with Crippen molar-refractivity contribution in [1.29, 1.82) is 0 Å². The summed E-state index contributed by atoms with van der Waals surface area (Å²) in [5.41, 5.74) is 1.28. The van der Waals surface area contributed by atoms with E-state index in [0.29, 0.717) is 34.3 Å². The lowest BCUT2D eigenvalue weighted by Gasteiger charge is -2.15. The molecule has 5 heteroatoms. The van der Waals surface area contributed by atoms with Crippen LogP contribution in [0, 0.1) is 5.82 Å². The summed E-state index contributed by atoms with van der Waals surface area (Å²) in [7, 11) is 0. The third kappa shape index (κ3) is 3.86. The van der Waals surface area contributed by atoms with Gasteiger partial charge in [-0.1, -0.05) is 29.8 Å². The summed E-state index contributed by atoms with van der Waals surface area (Å²) in [6.45, 7) is 2.36. The quantitative estimate of drug-likeness (QED) is 0.878. The van der Waals surface area contributed by atoms with Gasteiger partial charge >= 0.3 is 0 Å². The molecule has 0 saturated heterocycles. The predicted molar refractivity (Wildman–Crippen MR) is 79.3 cm³/mol. The van der Waals surface area contributed by atoms with Crippen molar-refractivity contribution in [3.8, 4) is 11.5 Å². The molecule has 0 fully saturated rings. The van der Waals surface area contributed by atoms with Crippen LogP contribution >= 0.6 is 11.6 Å². The predicted octanol–water partition coefficient (Wildman–Crippen LogP) is 3.95. The van der Waals surface area contributed by atoms with Crippen molar-refractivity contribution < 1.29 is 19.0 Å². The van der Waals surface area contributed by atoms with E-state index in [1.165, 1.54) is 12.1 Å². The van der Waals surface area contributed by atoms with Gasteiger partial charge in [-0.2, -0.15) is 0 Å². The molecule has 0 amide bonds. The summed E-state index contributed by atoms with van der Waals surface area (Å²) < 4.78 is 24.2. The molecule has 0 spiro atoms. The highest BCUT2D eigenvalue weighted by molar-refractivity contribution is 6.31. The summed E-state index contributed by atoms with van der Waals surface area (Å²) in [4.78, 5) is 0. The molecular weight excluding hydrogens is 295 g/mol. The Hall–Kier alpha value is -1.78. The zero-order chi connectivity index (χ0) is 15.2. The average molecular weight is 311 g/mol. The van der Waals surface area contributed by atoms with Gasteiger partial charge in [-0.25, -0.2) is 4.39 Å². The molecule has 0 bridgehead atoms. The Morgan fingerprint density at radius 1 is 1.14 bits per heavy atom. The highest BCUT2D eigenvalue weighted by Gasteiger charge is 2.12. The first-order chi connectivity index (χ1) is 10.2. The molecule has 0 aliphatic rings. The Bertz CT molecular complexity index is 616. The van der Waals surface area contributed by atoms with Gasteiger partial charge in [0.15, 0.2) is 11.5 Å². The Morgan fingerprint density at radius 3 is 2.62 bits per heavy atom. The number of hydrogen-bond donors (Lipinski definition) is 1. The third-order valence-corrected chi connectivity index (χ3v) is 3.27. The van der Waals surface area contributed by atoms with Crippen molar-refractivity contribution in [3.63, 3.8) is 0 Å². The van der Waals surface area contributed by atoms with E-state index < -0.39 is 5.82 Å². The Balaban J connectivity index is 2.22. The number of rotatable bonds is 6. The van der Waals surface area contributed by atoms with E-state index in [1.54, 1.807) is 24.3 Å². The fourth-order valence-corrected chi connectivity index (χ4v) is 2.13. The highest BCUT2D eigenvalue weighted by Crippen LogP contribution is 2.32. The first kappa shape index (κ1) is 15.6. The molecule has 0 aromatic heterocycles. The van der Waals surface area contributed by atoms with Crippen LogP contribution in [-0.2, 0) is 13.2 Å². The molecule has 2 aromatic rings. The average Bonchev–Trinajstić information content (AvgIpc) is 2.47. The maximum absolute atomic E-state index is 13.0. The summed E-state index contributed by atoms with van der Waals surface area (Å²) in [5, 5.41) is 9.69. The molecule has 0 saturated carbocycles. The van der Waals surface area contributed by atoms with Crippen molar-refractivity contribution in [2.24, 2.45) is 0 Å². The van der Waals surface area contributed by atoms with Crippen molar-refractivity contribution in [2.75, 3.05) is 6.61 Å². The minimum absolute atomic E-state index is 0.159. The maximum Gasteiger partial charge on any atom is 0.167 e. The van der Waals surface area contributed by atoms with Crippen LogP contribution in [0.3, 0.4) is 0 Å². The lowest BCUT2D eigenvalue weighted by molar-refractivity contribution is 0.243. The molecule has 2 rings (SSSR count). The van der Waals surface area contributed by atoms with Gasteiger partial charge in [0, 0.05) is 11.1 Å². The van der Waals surface area contributed by atoms with Gasteiger partial charge in [-0.05, 0) is 25.1 Å². The molecule has 112 valence electrons. The summed E-state index contributed by atoms with van der Waals surface area (Å²) in [6, 6.07) is 9.44. The normalized spacial score (nSPS) is 10.5. The molecule has 0 unspecified atom stereocenters. The van der Waals surface area contributed by atoms with Gasteiger partial charge in [0.1, 0.15) is 12.4 Å². The van der Waals surface area contributed by atoms with E-state index in [1.807, 2.05) is 6.92 Å². The lowest BCUT2D eigenvalue weighted by atomic mass is 10.2. The minimum Gasteiger partial charge on any atom is -0.490 e. The van der Waals surface area contributed by atoms with E-state index in [9.17, 15) is 9.50 Å². The van der Waals surface area contributed by atoms with E-state index >= 15 is 0 Å². The standard InChI is InChI=1S/C16H16ClFO3/c1-2-20-15-5-3-4-11(9-19)16(15)21-10-12-6-7-13(18)8-14(12)17/h3-8,19H,2,9-10H2,1H3. The van der Waals surface area contributed by atoms with Crippen LogP contribution in [0.25, 0.3) is 0 Å². The molecule has 21 heavy (non-hydrogen) atoms. The number of ether oxygens (including phenoxy) is 2. The third-order valence-electron chi connectivity index (χ3n) is 2.92. The van der Waals surface area contributed by atoms with Crippen LogP contribution in [0.1, 0.15) is 18.1 Å². The number of benzene rings is 2. The number of para-hydroxylation sites is 1. The number of hydrogen-bond acceptors (Lipinski definition) is 3. The van der Waals surface area contributed by atoms with Crippen LogP contribution in [0.4, 0.5) is 4.39 Å². The van der Waals surface area contributed by atoms with E-state index in [4.69, 9.17) is 21.1 Å². The molecule has 2 aromatic carbocycles. The monoisotopic (exact) mass is 310 g/mol. The van der Waals surface area contributed by atoms with Crippen LogP contribution < -0.4 is 9.47 Å². The van der Waals surface area contributed by atoms with Crippen molar-refractivity contribution >= 4 is 11.6 Å². The molecule has 0 radical (unpaired) electrons. The summed E-state index contributed by atoms with van der Waals surface area (Å²) in [6.07, 6.45) is 0. The maximum atomic E-state index is 13.0. The number of aliphatic hydroxyl groups is 1. The van der Waals surface area contributed by atoms with Crippen molar-refractivity contribution in [3.05, 3.63) is 58.4 Å². The Morgan fingerprint density at radius 2 is 1.95 bits per heavy atom. The van der Waals surface area contributed by atoms with Crippen molar-refractivity contribution in [1.82, 2.24) is 0 Å². The second-order valence-electron chi connectivity index (χ2n) is 4.36. The fraction of sp³-hybridized carbons (Fsp3) is 0.250. The van der Waals surface area contributed by atoms with Gasteiger partial charge in [-0.3, -0.25) is 0 Å². The Kier molecular flexibility index (Phi) is 5.42. The number of halogens is 2. The zero-order valence-electron chi connectivity index (χ0n) is 11.6. The lowest BCUT2D eigenvalue weighted by Crippen LogP contribution is -2.03. The second-order valence-corrected chi connectivity index (χ2v) is 4.77. The molecular formula is C16H16ClFO3. The van der Waals surface area contributed by atoms with E-state index in [2.05, 4.69) is 0 Å². The minimum atomic E-state index is -0.394. The Labute approximate surface area is 127 Å². The molecule has 3 nitrogen and oxygen atoms in total. The molecule has 0 heterocycles. The molecule has 1 N–H and O–H groups in total. The highest BCUT2D eigenvalue weighted by atomic mass is 35.5. The van der Waals surface area contributed by atoms with Gasteiger partial charge in [0.25, 0.3) is 0 Å². The van der Waals surface area contributed by atoms with Crippen LogP contribution in [0.5, 0.6) is 11.5 Å². The van der Waals surface area contributed by atoms with Crippen LogP contribution in [-0.4, -0.2) is 11.7 Å². The second kappa shape index (κ2) is 7.29. The van der Waals surface area contributed by atoms with Gasteiger partial charge in [0.05, 0.1) is 18.2 Å². The van der Waals surface area contributed by atoms with Gasteiger partial charge in [0.2, 0.25) is 0 Å². The SMILES string of the molecule is CCOc1cccc(CO)c1OCc1ccc(F)cc1Cl. The van der Waals surface area contributed by atoms with Crippen LogP contribution in [0.15, 0.2) is 36.4 Å². The van der Waals surface area contributed by atoms with Gasteiger partial charge < -0.3 is 14.6 Å².